The first-order valence-corrected chi connectivity index (χ1v) is 10.7. The highest BCUT2D eigenvalue weighted by atomic mass is 35.5. The highest BCUT2D eigenvalue weighted by molar-refractivity contribution is 7.80. The van der Waals surface area contributed by atoms with E-state index in [0.717, 1.165) is 22.5 Å². The third kappa shape index (κ3) is 4.20. The second-order valence-corrected chi connectivity index (χ2v) is 8.16. The van der Waals surface area contributed by atoms with Gasteiger partial charge in [-0.05, 0) is 47.6 Å². The molecule has 3 aromatic rings. The zero-order valence-electron chi connectivity index (χ0n) is 17.2. The number of hydrogen-bond acceptors (Lipinski definition) is 2. The summed E-state index contributed by atoms with van der Waals surface area (Å²) >= 11 is 11.9. The maximum Gasteiger partial charge on any atom is 0.256 e. The highest BCUT2D eigenvalue weighted by Gasteiger charge is 2.38. The summed E-state index contributed by atoms with van der Waals surface area (Å²) in [5.41, 5.74) is 4.01. The van der Waals surface area contributed by atoms with E-state index in [4.69, 9.17) is 23.8 Å². The van der Waals surface area contributed by atoms with Crippen LogP contribution in [0, 0.1) is 0 Å². The lowest BCUT2D eigenvalue weighted by atomic mass is 9.90. The summed E-state index contributed by atoms with van der Waals surface area (Å²) in [5.74, 6) is -0.175. The largest absolute Gasteiger partial charge is 0.340 e. The molecule has 1 aliphatic heterocycles. The predicted octanol–water partition coefficient (Wildman–Crippen LogP) is 5.59. The van der Waals surface area contributed by atoms with Gasteiger partial charge in [0, 0.05) is 24.8 Å². The van der Waals surface area contributed by atoms with Gasteiger partial charge < -0.3 is 15.1 Å². The third-order valence-electron chi connectivity index (χ3n) is 5.35. The van der Waals surface area contributed by atoms with Crippen molar-refractivity contribution in [1.29, 1.82) is 0 Å². The van der Waals surface area contributed by atoms with Crippen molar-refractivity contribution < 1.29 is 4.79 Å². The van der Waals surface area contributed by atoms with Gasteiger partial charge in [0.1, 0.15) is 0 Å². The Bertz CT molecular complexity index is 1130. The van der Waals surface area contributed by atoms with Crippen LogP contribution in [0.3, 0.4) is 0 Å². The molecule has 0 unspecified atom stereocenters. The van der Waals surface area contributed by atoms with Crippen LogP contribution in [0.25, 0.3) is 5.70 Å². The number of thiocarbonyl (C=S) groups is 1. The monoisotopic (exact) mass is 447 g/mol. The molecule has 6 heteroatoms. The molecule has 0 aliphatic carbocycles. The van der Waals surface area contributed by atoms with Crippen LogP contribution < -0.4 is 5.32 Å². The van der Waals surface area contributed by atoms with Gasteiger partial charge in [-0.1, -0.05) is 72.3 Å². The van der Waals surface area contributed by atoms with Crippen molar-refractivity contribution in [2.45, 2.75) is 6.04 Å². The fourth-order valence-electron chi connectivity index (χ4n) is 3.88. The Morgan fingerprint density at radius 3 is 2.10 bits per heavy atom. The van der Waals surface area contributed by atoms with E-state index in [9.17, 15) is 4.79 Å². The van der Waals surface area contributed by atoms with E-state index in [-0.39, 0.29) is 11.9 Å². The molecule has 1 amide bonds. The van der Waals surface area contributed by atoms with Gasteiger partial charge in [0.05, 0.1) is 17.3 Å². The van der Waals surface area contributed by atoms with E-state index < -0.39 is 0 Å². The fourth-order valence-corrected chi connectivity index (χ4v) is 4.20. The summed E-state index contributed by atoms with van der Waals surface area (Å²) in [6, 6.07) is 26.5. The van der Waals surface area contributed by atoms with E-state index in [2.05, 4.69) is 5.32 Å². The average molecular weight is 448 g/mol. The summed E-state index contributed by atoms with van der Waals surface area (Å²) in [6.07, 6.45) is 0. The first-order valence-electron chi connectivity index (χ1n) is 9.89. The summed E-state index contributed by atoms with van der Waals surface area (Å²) in [4.78, 5) is 17.6. The van der Waals surface area contributed by atoms with Gasteiger partial charge >= 0.3 is 0 Å². The van der Waals surface area contributed by atoms with Crippen LogP contribution in [-0.4, -0.2) is 34.9 Å². The van der Waals surface area contributed by atoms with Crippen molar-refractivity contribution in [2.24, 2.45) is 0 Å². The van der Waals surface area contributed by atoms with Gasteiger partial charge in [-0.2, -0.15) is 0 Å². The summed E-state index contributed by atoms with van der Waals surface area (Å²) in [5, 5.41) is 4.34. The van der Waals surface area contributed by atoms with Gasteiger partial charge in [0.25, 0.3) is 5.91 Å². The minimum atomic E-state index is -0.361. The average Bonchev–Trinajstić information content (AvgIpc) is 2.79. The van der Waals surface area contributed by atoms with E-state index in [1.165, 1.54) is 0 Å². The SMILES string of the molecule is CN1C(=S)N(C)[C@@H](c2ccc(Cl)cc2)C(C(=O)Nc2ccccc2)=C1c1ccccc1. The minimum Gasteiger partial charge on any atom is -0.340 e. The number of carbonyl (C=O) groups excluding carboxylic acids is 1. The van der Waals surface area contributed by atoms with Crippen LogP contribution in [0.15, 0.2) is 90.5 Å². The minimum absolute atomic E-state index is 0.175. The van der Waals surface area contributed by atoms with Crippen LogP contribution in [-0.2, 0) is 4.79 Å². The molecular weight excluding hydrogens is 426 g/mol. The molecule has 0 saturated heterocycles. The second-order valence-electron chi connectivity index (χ2n) is 7.36. The number of halogens is 1. The Kier molecular flexibility index (Phi) is 6.07. The predicted molar refractivity (Wildman–Crippen MR) is 131 cm³/mol. The lowest BCUT2D eigenvalue weighted by Gasteiger charge is -2.43. The van der Waals surface area contributed by atoms with Gasteiger partial charge in [0.2, 0.25) is 0 Å². The molecule has 0 bridgehead atoms. The molecule has 1 N–H and O–H groups in total. The first-order chi connectivity index (χ1) is 15.0. The number of hydrogen-bond donors (Lipinski definition) is 1. The van der Waals surface area contributed by atoms with Crippen molar-refractivity contribution in [1.82, 2.24) is 9.80 Å². The lowest BCUT2D eigenvalue weighted by molar-refractivity contribution is -0.113. The van der Waals surface area contributed by atoms with E-state index in [1.54, 1.807) is 0 Å². The molecule has 0 radical (unpaired) electrons. The number of carbonyl (C=O) groups is 1. The van der Waals surface area contributed by atoms with Crippen LogP contribution in [0.2, 0.25) is 5.02 Å². The molecule has 0 fully saturated rings. The van der Waals surface area contributed by atoms with Gasteiger partial charge in [0.15, 0.2) is 5.11 Å². The van der Waals surface area contributed by atoms with E-state index >= 15 is 0 Å². The molecule has 156 valence electrons. The number of para-hydroxylation sites is 1. The molecule has 4 rings (SSSR count). The maximum atomic E-state index is 13.7. The quantitative estimate of drug-likeness (QED) is 0.528. The maximum absolute atomic E-state index is 13.7. The standard InChI is InChI=1S/C25H22ClN3OS/c1-28-22(17-9-5-3-6-10-17)21(24(30)27-20-11-7-4-8-12-20)23(29(2)25(28)31)18-13-15-19(26)16-14-18/h3-16,23H,1-2H3,(H,27,30)/t23-/m0/s1. The summed E-state index contributed by atoms with van der Waals surface area (Å²) in [7, 11) is 3.81. The fraction of sp³-hybridized carbons (Fsp3) is 0.120. The molecule has 1 aliphatic rings. The van der Waals surface area contributed by atoms with Crippen LogP contribution in [0.1, 0.15) is 17.2 Å². The number of likely N-dealkylation sites (N-methyl/N-ethyl adjacent to an activating group) is 1. The Morgan fingerprint density at radius 1 is 0.903 bits per heavy atom. The molecular formula is C25H22ClN3OS. The van der Waals surface area contributed by atoms with Crippen molar-refractivity contribution in [2.75, 3.05) is 19.4 Å². The first kappa shape index (κ1) is 21.1. The zero-order chi connectivity index (χ0) is 22.0. The number of amides is 1. The molecule has 4 nitrogen and oxygen atoms in total. The number of benzene rings is 3. The van der Waals surface area contributed by atoms with Crippen molar-refractivity contribution in [3.05, 3.63) is 107 Å². The van der Waals surface area contributed by atoms with E-state index in [0.29, 0.717) is 15.7 Å². The van der Waals surface area contributed by atoms with Crippen molar-refractivity contribution >= 4 is 46.2 Å². The van der Waals surface area contributed by atoms with Gasteiger partial charge in [-0.25, -0.2) is 0 Å². The number of nitrogens with one attached hydrogen (secondary N) is 1. The van der Waals surface area contributed by atoms with Gasteiger partial charge in [-0.3, -0.25) is 4.79 Å². The number of rotatable bonds is 4. The Balaban J connectivity index is 1.92. The highest BCUT2D eigenvalue weighted by Crippen LogP contribution is 2.40. The van der Waals surface area contributed by atoms with Crippen molar-refractivity contribution in [3.63, 3.8) is 0 Å². The zero-order valence-corrected chi connectivity index (χ0v) is 18.8. The van der Waals surface area contributed by atoms with Crippen LogP contribution in [0.4, 0.5) is 5.69 Å². The number of nitrogens with zero attached hydrogens (tertiary/aromatic N) is 2. The molecule has 0 spiro atoms. The smallest absolute Gasteiger partial charge is 0.256 e. The lowest BCUT2D eigenvalue weighted by Crippen LogP contribution is -2.47. The molecule has 1 atom stereocenters. The molecule has 0 saturated carbocycles. The van der Waals surface area contributed by atoms with Crippen LogP contribution in [0.5, 0.6) is 0 Å². The summed E-state index contributed by atoms with van der Waals surface area (Å²) < 4.78 is 0. The topological polar surface area (TPSA) is 35.6 Å². The van der Waals surface area contributed by atoms with Crippen LogP contribution >= 0.6 is 23.8 Å². The third-order valence-corrected chi connectivity index (χ3v) is 6.16. The van der Waals surface area contributed by atoms with Crippen molar-refractivity contribution in [3.8, 4) is 0 Å². The normalized spacial score (nSPS) is 16.5. The molecule has 31 heavy (non-hydrogen) atoms. The van der Waals surface area contributed by atoms with E-state index in [1.807, 2.05) is 109 Å². The molecule has 1 heterocycles. The Hall–Kier alpha value is -3.15. The van der Waals surface area contributed by atoms with Gasteiger partial charge in [-0.15, -0.1) is 0 Å². The Morgan fingerprint density at radius 2 is 1.48 bits per heavy atom. The molecule has 3 aromatic carbocycles. The molecule has 0 aromatic heterocycles. The second kappa shape index (κ2) is 8.92. The summed E-state index contributed by atoms with van der Waals surface area (Å²) in [6.45, 7) is 0. The number of anilines is 1. The Labute approximate surface area is 192 Å².